The minimum absolute atomic E-state index is 0.321. The van der Waals surface area contributed by atoms with Gasteiger partial charge in [-0.3, -0.25) is 0 Å². The number of rotatable bonds is 0. The number of benzene rings is 5. The Morgan fingerprint density at radius 2 is 1.32 bits per heavy atom. The molecule has 174 valence electrons. The molecule has 5 aromatic carbocycles. The highest BCUT2D eigenvalue weighted by atomic mass is 79.9. The minimum atomic E-state index is -0.321. The van der Waals surface area contributed by atoms with Crippen LogP contribution in [0.5, 0.6) is 0 Å². The summed E-state index contributed by atoms with van der Waals surface area (Å²) in [7, 11) is 0. The van der Waals surface area contributed by atoms with E-state index >= 15 is 0 Å². The van der Waals surface area contributed by atoms with Crippen molar-refractivity contribution >= 4 is 48.2 Å². The second-order valence-corrected chi connectivity index (χ2v) is 12.5. The first-order valence-corrected chi connectivity index (χ1v) is 14.5. The zero-order chi connectivity index (χ0) is 24.5. The summed E-state index contributed by atoms with van der Waals surface area (Å²) in [4.78, 5) is 0. The van der Waals surface area contributed by atoms with E-state index in [1.54, 1.807) is 0 Å². The summed E-state index contributed by atoms with van der Waals surface area (Å²) in [6.07, 6.45) is 4.55. The Balaban J connectivity index is 1.53. The molecule has 1 spiro atoms. The van der Waals surface area contributed by atoms with Gasteiger partial charge in [-0.2, -0.15) is 0 Å². The molecular formula is C35H20Br2. The van der Waals surface area contributed by atoms with Crippen molar-refractivity contribution in [2.75, 3.05) is 0 Å². The van der Waals surface area contributed by atoms with Crippen molar-refractivity contribution in [3.05, 3.63) is 134 Å². The van der Waals surface area contributed by atoms with Crippen molar-refractivity contribution in [1.82, 2.24) is 0 Å². The molecule has 4 aliphatic rings. The maximum Gasteiger partial charge on any atom is 0.0723 e. The summed E-state index contributed by atoms with van der Waals surface area (Å²) >= 11 is 7.75. The van der Waals surface area contributed by atoms with Gasteiger partial charge in [0.1, 0.15) is 0 Å². The fraction of sp³-hybridized carbons (Fsp3) is 0.0857. The summed E-state index contributed by atoms with van der Waals surface area (Å²) in [6, 6.07) is 34.4. The van der Waals surface area contributed by atoms with E-state index in [-0.39, 0.29) is 5.41 Å². The lowest BCUT2D eigenvalue weighted by molar-refractivity contribution is 0.780. The molecule has 4 aliphatic carbocycles. The van der Waals surface area contributed by atoms with Crippen LogP contribution in [0.3, 0.4) is 0 Å². The lowest BCUT2D eigenvalue weighted by Gasteiger charge is -2.33. The van der Waals surface area contributed by atoms with Gasteiger partial charge in [0.2, 0.25) is 0 Å². The van der Waals surface area contributed by atoms with Crippen LogP contribution < -0.4 is 0 Å². The van der Waals surface area contributed by atoms with Crippen LogP contribution in [-0.2, 0) is 5.41 Å². The highest BCUT2D eigenvalue weighted by Gasteiger charge is 2.53. The molecule has 1 atom stereocenters. The monoisotopic (exact) mass is 598 g/mol. The quantitative estimate of drug-likeness (QED) is 0.163. The van der Waals surface area contributed by atoms with Gasteiger partial charge in [0.25, 0.3) is 0 Å². The molecule has 5 aromatic rings. The summed E-state index contributed by atoms with van der Waals surface area (Å²) in [5, 5.41) is 2.77. The molecule has 0 aliphatic heterocycles. The van der Waals surface area contributed by atoms with Crippen LogP contribution in [0, 0.1) is 0 Å². The van der Waals surface area contributed by atoms with Crippen LogP contribution in [0.25, 0.3) is 49.7 Å². The average Bonchev–Trinajstić information content (AvgIpc) is 3.51. The van der Waals surface area contributed by atoms with Crippen molar-refractivity contribution < 1.29 is 0 Å². The summed E-state index contributed by atoms with van der Waals surface area (Å²) in [5.41, 5.74) is 16.5. The van der Waals surface area contributed by atoms with Crippen LogP contribution in [0.4, 0.5) is 0 Å². The molecule has 0 N–H and O–H groups in total. The minimum Gasteiger partial charge on any atom is -0.0619 e. The predicted molar refractivity (Wildman–Crippen MR) is 161 cm³/mol. The number of allylic oxidation sites excluding steroid dienone is 4. The Kier molecular flexibility index (Phi) is 3.94. The standard InChI is InChI=1S/C35H20Br2/c36-19-12-14-23-24-15-13-20(37)17-31(24)35(30(23)16-19)29-11-4-3-8-26(29)34-27-10-5-9-25-21-6-1-2-7-22(21)28(33(25)27)18-32(34)35/h1-12,14,16-18H,13,15H2. The van der Waals surface area contributed by atoms with Crippen molar-refractivity contribution in [2.45, 2.75) is 18.3 Å². The Labute approximate surface area is 232 Å². The van der Waals surface area contributed by atoms with E-state index in [4.69, 9.17) is 0 Å². The molecule has 9 rings (SSSR count). The Morgan fingerprint density at radius 1 is 0.568 bits per heavy atom. The third-order valence-electron chi connectivity index (χ3n) is 9.03. The SMILES string of the molecule is BrC1=CC2=C(CC1)c1ccc(Br)cc1C21c2ccccc2-c2c1cc1c3c(cccc23)-c2ccccc2-1. The largest absolute Gasteiger partial charge is 0.0723 e. The molecule has 1 unspecified atom stereocenters. The smallest absolute Gasteiger partial charge is 0.0619 e. The predicted octanol–water partition coefficient (Wildman–Crippen LogP) is 10.4. The molecule has 2 heteroatoms. The third-order valence-corrected chi connectivity index (χ3v) is 10.1. The molecule has 0 amide bonds. The summed E-state index contributed by atoms with van der Waals surface area (Å²) in [5.74, 6) is 0. The molecule has 0 aromatic heterocycles. The van der Waals surface area contributed by atoms with Gasteiger partial charge >= 0.3 is 0 Å². The molecule has 0 heterocycles. The van der Waals surface area contributed by atoms with Crippen LogP contribution >= 0.6 is 31.9 Å². The van der Waals surface area contributed by atoms with Crippen molar-refractivity contribution in [3.63, 3.8) is 0 Å². The number of fused-ring (bicyclic) bond motifs is 13. The van der Waals surface area contributed by atoms with Crippen LogP contribution in [0.2, 0.25) is 0 Å². The van der Waals surface area contributed by atoms with Gasteiger partial charge in [-0.25, -0.2) is 0 Å². The maximum absolute atomic E-state index is 3.91. The molecule has 37 heavy (non-hydrogen) atoms. The van der Waals surface area contributed by atoms with E-state index in [9.17, 15) is 0 Å². The first-order chi connectivity index (χ1) is 18.2. The Morgan fingerprint density at radius 3 is 2.19 bits per heavy atom. The highest BCUT2D eigenvalue weighted by molar-refractivity contribution is 9.11. The van der Waals surface area contributed by atoms with Crippen LogP contribution in [0.1, 0.15) is 35.1 Å². The molecule has 0 saturated heterocycles. The van der Waals surface area contributed by atoms with Gasteiger partial charge in [0.15, 0.2) is 0 Å². The van der Waals surface area contributed by atoms with Crippen LogP contribution in [-0.4, -0.2) is 0 Å². The topological polar surface area (TPSA) is 0 Å². The van der Waals surface area contributed by atoms with E-state index in [1.807, 2.05) is 0 Å². The number of halogens is 2. The van der Waals surface area contributed by atoms with E-state index < -0.39 is 0 Å². The molecule has 0 radical (unpaired) electrons. The molecule has 0 bridgehead atoms. The van der Waals surface area contributed by atoms with Crippen LogP contribution in [0.15, 0.2) is 112 Å². The zero-order valence-electron chi connectivity index (χ0n) is 19.9. The average molecular weight is 600 g/mol. The van der Waals surface area contributed by atoms with Gasteiger partial charge in [-0.05, 0) is 119 Å². The van der Waals surface area contributed by atoms with Gasteiger partial charge in [-0.15, -0.1) is 0 Å². The van der Waals surface area contributed by atoms with Gasteiger partial charge in [-0.1, -0.05) is 105 Å². The molecule has 0 saturated carbocycles. The van der Waals surface area contributed by atoms with Crippen molar-refractivity contribution in [3.8, 4) is 33.4 Å². The van der Waals surface area contributed by atoms with Gasteiger partial charge in [0, 0.05) is 4.47 Å². The lowest BCUT2D eigenvalue weighted by atomic mass is 9.68. The van der Waals surface area contributed by atoms with E-state index in [2.05, 4.69) is 129 Å². The summed E-state index contributed by atoms with van der Waals surface area (Å²) in [6.45, 7) is 0. The fourth-order valence-corrected chi connectivity index (χ4v) is 8.55. The summed E-state index contributed by atoms with van der Waals surface area (Å²) < 4.78 is 2.43. The number of hydrogen-bond donors (Lipinski definition) is 0. The Bertz CT molecular complexity index is 1950. The Hall–Kier alpha value is -3.20. The van der Waals surface area contributed by atoms with E-state index in [1.165, 1.54) is 82.0 Å². The maximum atomic E-state index is 3.91. The second kappa shape index (κ2) is 7.01. The van der Waals surface area contributed by atoms with E-state index in [0.717, 1.165) is 17.3 Å². The fourth-order valence-electron chi connectivity index (χ4n) is 7.76. The first kappa shape index (κ1) is 20.8. The molecule has 0 nitrogen and oxygen atoms in total. The molecular weight excluding hydrogens is 580 g/mol. The van der Waals surface area contributed by atoms with Gasteiger partial charge < -0.3 is 0 Å². The van der Waals surface area contributed by atoms with Gasteiger partial charge in [0.05, 0.1) is 5.41 Å². The second-order valence-electron chi connectivity index (χ2n) is 10.6. The highest BCUT2D eigenvalue weighted by Crippen LogP contribution is 2.66. The zero-order valence-corrected chi connectivity index (χ0v) is 23.1. The lowest BCUT2D eigenvalue weighted by Crippen LogP contribution is -2.27. The van der Waals surface area contributed by atoms with Crippen molar-refractivity contribution in [1.29, 1.82) is 0 Å². The van der Waals surface area contributed by atoms with Crippen molar-refractivity contribution in [2.24, 2.45) is 0 Å². The molecule has 0 fully saturated rings. The first-order valence-electron chi connectivity index (χ1n) is 12.9. The van der Waals surface area contributed by atoms with E-state index in [0.29, 0.717) is 0 Å². The normalized spacial score (nSPS) is 19.6. The third kappa shape index (κ3) is 2.36. The number of hydrogen-bond acceptors (Lipinski definition) is 0.